The number of ether oxygens (including phenoxy) is 1. The van der Waals surface area contributed by atoms with E-state index < -0.39 is 37.3 Å². The van der Waals surface area contributed by atoms with Crippen molar-refractivity contribution >= 4 is 18.7 Å². The number of aromatic nitrogens is 2. The molecule has 0 saturated carbocycles. The first-order chi connectivity index (χ1) is 10.7. The average molecular weight is 284 g/mol. The standard InChI is InChI=1S/C13H21BN2O4/c1-10(17)18-9-8-16-7-6-11(15-16)14-19-12(2,3)13(4,5)20-14/h6-7H,8-9H2,1-5H3/i8D2,9D2. The Morgan fingerprint density at radius 3 is 2.60 bits per heavy atom. The van der Waals surface area contributed by atoms with E-state index in [1.54, 1.807) is 0 Å². The zero-order valence-corrected chi connectivity index (χ0v) is 12.3. The van der Waals surface area contributed by atoms with Crippen molar-refractivity contribution < 1.29 is 24.3 Å². The highest BCUT2D eigenvalue weighted by molar-refractivity contribution is 6.61. The van der Waals surface area contributed by atoms with Crippen LogP contribution in [0.5, 0.6) is 0 Å². The molecular formula is C13H21BN2O4. The van der Waals surface area contributed by atoms with Crippen molar-refractivity contribution in [2.24, 2.45) is 0 Å². The molecule has 1 saturated heterocycles. The van der Waals surface area contributed by atoms with Gasteiger partial charge in [0.15, 0.2) is 0 Å². The summed E-state index contributed by atoms with van der Waals surface area (Å²) in [7, 11) is -0.799. The van der Waals surface area contributed by atoms with Gasteiger partial charge < -0.3 is 14.0 Å². The molecule has 110 valence electrons. The minimum atomic E-state index is -2.89. The van der Waals surface area contributed by atoms with E-state index in [-0.39, 0.29) is 0 Å². The van der Waals surface area contributed by atoms with Gasteiger partial charge in [0.05, 0.1) is 28.8 Å². The minimum Gasteiger partial charge on any atom is -0.464 e. The Balaban J connectivity index is 2.27. The van der Waals surface area contributed by atoms with Gasteiger partial charge in [-0.05, 0) is 33.8 Å². The quantitative estimate of drug-likeness (QED) is 0.603. The summed E-state index contributed by atoms with van der Waals surface area (Å²) in [5.74, 6) is -0.929. The Morgan fingerprint density at radius 1 is 1.45 bits per heavy atom. The van der Waals surface area contributed by atoms with Gasteiger partial charge in [0.25, 0.3) is 0 Å². The molecule has 0 N–H and O–H groups in total. The van der Waals surface area contributed by atoms with E-state index in [1.807, 2.05) is 27.7 Å². The number of nitrogens with zero attached hydrogens (tertiary/aromatic N) is 2. The van der Waals surface area contributed by atoms with E-state index in [2.05, 4.69) is 9.84 Å². The fraction of sp³-hybridized carbons (Fsp3) is 0.692. The number of aryl methyl sites for hydroxylation is 1. The van der Waals surface area contributed by atoms with Crippen LogP contribution in [-0.4, -0.2) is 40.6 Å². The fourth-order valence-corrected chi connectivity index (χ4v) is 1.63. The van der Waals surface area contributed by atoms with Gasteiger partial charge in [-0.3, -0.25) is 9.48 Å². The van der Waals surface area contributed by atoms with Gasteiger partial charge in [0, 0.05) is 13.1 Å². The summed E-state index contributed by atoms with van der Waals surface area (Å²) in [6.07, 6.45) is 1.25. The number of hydrogen-bond acceptors (Lipinski definition) is 5. The smallest absolute Gasteiger partial charge is 0.464 e. The van der Waals surface area contributed by atoms with Crippen LogP contribution < -0.4 is 5.59 Å². The van der Waals surface area contributed by atoms with Gasteiger partial charge in [-0.25, -0.2) is 0 Å². The number of hydrogen-bond donors (Lipinski definition) is 0. The van der Waals surface area contributed by atoms with E-state index in [0.717, 1.165) is 11.6 Å². The lowest BCUT2D eigenvalue weighted by atomic mass is 9.85. The fourth-order valence-electron chi connectivity index (χ4n) is 1.63. The highest BCUT2D eigenvalue weighted by atomic mass is 16.7. The summed E-state index contributed by atoms with van der Waals surface area (Å²) in [6.45, 7) is 2.92. The molecular weight excluding hydrogens is 259 g/mol. The molecule has 1 fully saturated rings. The highest BCUT2D eigenvalue weighted by Gasteiger charge is 2.52. The monoisotopic (exact) mass is 284 g/mol. The van der Waals surface area contributed by atoms with Crippen LogP contribution in [0, 0.1) is 0 Å². The van der Waals surface area contributed by atoms with Crippen LogP contribution in [0.25, 0.3) is 0 Å². The van der Waals surface area contributed by atoms with E-state index in [0.29, 0.717) is 5.59 Å². The minimum absolute atomic E-state index is 0.302. The topological polar surface area (TPSA) is 62.6 Å². The molecule has 0 atom stereocenters. The summed E-state index contributed by atoms with van der Waals surface area (Å²) < 4.78 is 48.1. The largest absolute Gasteiger partial charge is 0.516 e. The third-order valence-corrected chi connectivity index (χ3v) is 3.46. The predicted octanol–water partition coefficient (Wildman–Crippen LogP) is 0.745. The van der Waals surface area contributed by atoms with Gasteiger partial charge in [0.2, 0.25) is 0 Å². The second-order valence-corrected chi connectivity index (χ2v) is 5.58. The average Bonchev–Trinajstić information content (AvgIpc) is 2.91. The Bertz CT molecular complexity index is 632. The van der Waals surface area contributed by atoms with Gasteiger partial charge in [0.1, 0.15) is 6.56 Å². The second-order valence-electron chi connectivity index (χ2n) is 5.58. The van der Waals surface area contributed by atoms with Crippen LogP contribution in [0.2, 0.25) is 0 Å². The molecule has 0 aliphatic carbocycles. The number of carbonyl (C=O) groups excluding carboxylic acids is 1. The van der Waals surface area contributed by atoms with Crippen molar-refractivity contribution in [2.45, 2.75) is 52.3 Å². The van der Waals surface area contributed by atoms with E-state index in [9.17, 15) is 4.79 Å². The molecule has 1 aliphatic rings. The number of rotatable bonds is 4. The van der Waals surface area contributed by atoms with Gasteiger partial charge in [-0.1, -0.05) is 0 Å². The molecule has 1 aliphatic heterocycles. The molecule has 0 amide bonds. The highest BCUT2D eigenvalue weighted by Crippen LogP contribution is 2.36. The molecule has 0 spiro atoms. The maximum atomic E-state index is 11.0. The summed E-state index contributed by atoms with van der Waals surface area (Å²) >= 11 is 0. The molecule has 7 heteroatoms. The summed E-state index contributed by atoms with van der Waals surface area (Å²) in [5.41, 5.74) is -0.851. The van der Waals surface area contributed by atoms with Gasteiger partial charge >= 0.3 is 13.1 Å². The van der Waals surface area contributed by atoms with Crippen LogP contribution in [0.3, 0.4) is 0 Å². The molecule has 1 aromatic heterocycles. The maximum Gasteiger partial charge on any atom is 0.516 e. The first kappa shape index (κ1) is 10.4. The molecule has 20 heavy (non-hydrogen) atoms. The molecule has 0 unspecified atom stereocenters. The molecule has 6 nitrogen and oxygen atoms in total. The zero-order valence-electron chi connectivity index (χ0n) is 16.3. The third-order valence-electron chi connectivity index (χ3n) is 3.46. The van der Waals surface area contributed by atoms with Crippen molar-refractivity contribution in [3.63, 3.8) is 0 Å². The third kappa shape index (κ3) is 3.04. The lowest BCUT2D eigenvalue weighted by molar-refractivity contribution is -0.141. The van der Waals surface area contributed by atoms with Crippen molar-refractivity contribution in [3.05, 3.63) is 12.3 Å². The van der Waals surface area contributed by atoms with Gasteiger partial charge in [-0.2, -0.15) is 5.10 Å². The lowest BCUT2D eigenvalue weighted by Crippen LogP contribution is -2.41. The second kappa shape index (κ2) is 5.22. The van der Waals surface area contributed by atoms with Crippen molar-refractivity contribution in [2.75, 3.05) is 6.56 Å². The van der Waals surface area contributed by atoms with Crippen LogP contribution >= 0.6 is 0 Å². The van der Waals surface area contributed by atoms with Crippen LogP contribution in [0.15, 0.2) is 12.3 Å². The molecule has 0 radical (unpaired) electrons. The Morgan fingerprint density at radius 2 is 2.05 bits per heavy atom. The summed E-state index contributed by atoms with van der Waals surface area (Å²) in [4.78, 5) is 11.0. The van der Waals surface area contributed by atoms with E-state index >= 15 is 0 Å². The Kier molecular flexibility index (Phi) is 2.71. The normalized spacial score (nSPS) is 24.6. The summed E-state index contributed by atoms with van der Waals surface area (Å²) in [6, 6.07) is 1.48. The van der Waals surface area contributed by atoms with Crippen LogP contribution in [0.4, 0.5) is 0 Å². The van der Waals surface area contributed by atoms with Crippen LogP contribution in [-0.2, 0) is 25.3 Å². The maximum absolute atomic E-state index is 11.0. The molecule has 2 rings (SSSR count). The summed E-state index contributed by atoms with van der Waals surface area (Å²) in [5, 5.41) is 4.03. The van der Waals surface area contributed by atoms with Crippen molar-refractivity contribution in [3.8, 4) is 0 Å². The number of esters is 1. The predicted molar refractivity (Wildman–Crippen MR) is 74.6 cm³/mol. The van der Waals surface area contributed by atoms with Crippen LogP contribution in [0.1, 0.15) is 40.1 Å². The first-order valence-electron chi connectivity index (χ1n) is 8.31. The van der Waals surface area contributed by atoms with E-state index in [4.69, 9.17) is 14.8 Å². The lowest BCUT2D eigenvalue weighted by Gasteiger charge is -2.32. The SMILES string of the molecule is [2H]C([2H])(OC(C)=O)C([2H])([2H])n1ccc(B2OC(C)(C)C(C)(C)O2)n1. The Labute approximate surface area is 125 Å². The van der Waals surface area contributed by atoms with E-state index in [1.165, 1.54) is 12.3 Å². The zero-order chi connectivity index (χ0) is 18.6. The first-order valence-corrected chi connectivity index (χ1v) is 6.31. The molecule has 0 bridgehead atoms. The number of carbonyl (C=O) groups is 1. The molecule has 1 aromatic rings. The van der Waals surface area contributed by atoms with Crippen molar-refractivity contribution in [1.82, 2.24) is 9.78 Å². The molecule has 0 aromatic carbocycles. The molecule has 2 heterocycles. The van der Waals surface area contributed by atoms with Gasteiger partial charge in [-0.15, -0.1) is 0 Å². The van der Waals surface area contributed by atoms with Crippen molar-refractivity contribution in [1.29, 1.82) is 0 Å². The Hall–Kier alpha value is -1.34.